The molecule has 0 aliphatic heterocycles. The summed E-state index contributed by atoms with van der Waals surface area (Å²) in [5, 5.41) is 2.78. The summed E-state index contributed by atoms with van der Waals surface area (Å²) in [5.74, 6) is 0.536. The molecule has 1 amide bonds. The largest absolute Gasteiger partial charge is 0.310 e. The average molecular weight is 305 g/mol. The van der Waals surface area contributed by atoms with E-state index in [-0.39, 0.29) is 5.91 Å². The Kier molecular flexibility index (Phi) is 4.47. The van der Waals surface area contributed by atoms with Crippen LogP contribution in [0.15, 0.2) is 53.1 Å². The molecule has 4 heteroatoms. The Morgan fingerprint density at radius 1 is 1.17 bits per heavy atom. The van der Waals surface area contributed by atoms with E-state index in [0.717, 1.165) is 16.5 Å². The van der Waals surface area contributed by atoms with Crippen LogP contribution in [0.1, 0.15) is 12.0 Å². The number of amides is 1. The van der Waals surface area contributed by atoms with Crippen molar-refractivity contribution in [1.29, 1.82) is 0 Å². The van der Waals surface area contributed by atoms with Crippen molar-refractivity contribution < 1.29 is 4.79 Å². The van der Waals surface area contributed by atoms with Gasteiger partial charge < -0.3 is 5.32 Å². The quantitative estimate of drug-likeness (QED) is 0.940. The topological polar surface area (TPSA) is 42.0 Å². The number of halogens is 1. The van der Waals surface area contributed by atoms with Crippen LogP contribution in [0.3, 0.4) is 0 Å². The van der Waals surface area contributed by atoms with Crippen LogP contribution in [0.2, 0.25) is 0 Å². The van der Waals surface area contributed by atoms with Crippen LogP contribution < -0.4 is 5.32 Å². The molecule has 0 saturated carbocycles. The number of nitrogens with one attached hydrogen (secondary N) is 1. The van der Waals surface area contributed by atoms with E-state index in [4.69, 9.17) is 0 Å². The normalized spacial score (nSPS) is 10.1. The number of nitrogens with zero attached hydrogens (tertiary/aromatic N) is 1. The van der Waals surface area contributed by atoms with Crippen molar-refractivity contribution >= 4 is 27.7 Å². The number of pyridine rings is 1. The number of hydrogen-bond acceptors (Lipinski definition) is 2. The summed E-state index contributed by atoms with van der Waals surface area (Å²) in [5.41, 5.74) is 1.16. The van der Waals surface area contributed by atoms with Gasteiger partial charge in [0, 0.05) is 12.6 Å². The molecule has 2 aromatic rings. The molecule has 92 valence electrons. The summed E-state index contributed by atoms with van der Waals surface area (Å²) >= 11 is 3.34. The van der Waals surface area contributed by atoms with Crippen LogP contribution in [-0.2, 0) is 11.2 Å². The smallest absolute Gasteiger partial charge is 0.225 e. The number of carbonyl (C=O) groups excluding carboxylic acids is 1. The number of aryl methyl sites for hydroxylation is 1. The number of carbonyl (C=O) groups is 1. The molecule has 1 heterocycles. The lowest BCUT2D eigenvalue weighted by molar-refractivity contribution is -0.116. The van der Waals surface area contributed by atoms with Crippen molar-refractivity contribution in [3.05, 3.63) is 58.7 Å². The van der Waals surface area contributed by atoms with Gasteiger partial charge in [-0.15, -0.1) is 0 Å². The molecule has 0 radical (unpaired) electrons. The molecule has 3 nitrogen and oxygen atoms in total. The van der Waals surface area contributed by atoms with Gasteiger partial charge in [-0.25, -0.2) is 4.98 Å². The molecule has 1 aromatic carbocycles. The molecule has 0 spiro atoms. The molecular formula is C14H13BrN2O. The Bertz CT molecular complexity index is 528. The van der Waals surface area contributed by atoms with Crippen LogP contribution in [0, 0.1) is 0 Å². The Balaban J connectivity index is 1.88. The van der Waals surface area contributed by atoms with Crippen molar-refractivity contribution in [2.75, 3.05) is 5.32 Å². The molecule has 0 atom stereocenters. The summed E-state index contributed by atoms with van der Waals surface area (Å²) in [4.78, 5) is 15.9. The number of hydrogen-bond donors (Lipinski definition) is 1. The second kappa shape index (κ2) is 6.31. The van der Waals surface area contributed by atoms with Crippen LogP contribution in [0.5, 0.6) is 0 Å². The van der Waals surface area contributed by atoms with Crippen molar-refractivity contribution in [3.8, 4) is 0 Å². The highest BCUT2D eigenvalue weighted by atomic mass is 79.9. The van der Waals surface area contributed by atoms with Gasteiger partial charge in [-0.05, 0) is 40.0 Å². The molecule has 18 heavy (non-hydrogen) atoms. The van der Waals surface area contributed by atoms with Gasteiger partial charge in [0.05, 0.1) is 4.47 Å². The fraction of sp³-hybridized carbons (Fsp3) is 0.143. The summed E-state index contributed by atoms with van der Waals surface area (Å²) < 4.78 is 0.790. The SMILES string of the molecule is O=C(CCc1ccccc1)Nc1ncccc1Br. The van der Waals surface area contributed by atoms with E-state index in [1.54, 1.807) is 6.20 Å². The predicted octanol–water partition coefficient (Wildman–Crippen LogP) is 3.42. The minimum atomic E-state index is -0.0294. The summed E-state index contributed by atoms with van der Waals surface area (Å²) in [7, 11) is 0. The monoisotopic (exact) mass is 304 g/mol. The Labute approximate surface area is 114 Å². The zero-order valence-corrected chi connectivity index (χ0v) is 11.4. The highest BCUT2D eigenvalue weighted by Crippen LogP contribution is 2.18. The van der Waals surface area contributed by atoms with Crippen LogP contribution in [0.25, 0.3) is 0 Å². The molecule has 0 saturated heterocycles. The first kappa shape index (κ1) is 12.8. The van der Waals surface area contributed by atoms with Crippen molar-refractivity contribution in [1.82, 2.24) is 4.98 Å². The van der Waals surface area contributed by atoms with Crippen LogP contribution in [0.4, 0.5) is 5.82 Å². The molecule has 0 bridgehead atoms. The molecule has 0 fully saturated rings. The Morgan fingerprint density at radius 2 is 1.94 bits per heavy atom. The van der Waals surface area contributed by atoms with E-state index in [9.17, 15) is 4.79 Å². The Hall–Kier alpha value is -1.68. The Morgan fingerprint density at radius 3 is 2.67 bits per heavy atom. The minimum Gasteiger partial charge on any atom is -0.310 e. The maximum absolute atomic E-state index is 11.8. The zero-order valence-electron chi connectivity index (χ0n) is 9.77. The van der Waals surface area contributed by atoms with E-state index in [1.165, 1.54) is 0 Å². The summed E-state index contributed by atoms with van der Waals surface area (Å²) in [6, 6.07) is 13.6. The predicted molar refractivity (Wildman–Crippen MR) is 75.3 cm³/mol. The zero-order chi connectivity index (χ0) is 12.8. The van der Waals surface area contributed by atoms with Crippen molar-refractivity contribution in [3.63, 3.8) is 0 Å². The minimum absolute atomic E-state index is 0.0294. The van der Waals surface area contributed by atoms with Gasteiger partial charge in [-0.1, -0.05) is 30.3 Å². The molecule has 0 aliphatic rings. The first-order valence-corrected chi connectivity index (χ1v) is 6.49. The maximum atomic E-state index is 11.8. The van der Waals surface area contributed by atoms with Crippen molar-refractivity contribution in [2.24, 2.45) is 0 Å². The van der Waals surface area contributed by atoms with Crippen molar-refractivity contribution in [2.45, 2.75) is 12.8 Å². The maximum Gasteiger partial charge on any atom is 0.225 e. The lowest BCUT2D eigenvalue weighted by Crippen LogP contribution is -2.13. The molecule has 1 aromatic heterocycles. The molecular weight excluding hydrogens is 292 g/mol. The fourth-order valence-corrected chi connectivity index (χ4v) is 1.93. The van der Waals surface area contributed by atoms with E-state index >= 15 is 0 Å². The van der Waals surface area contributed by atoms with E-state index < -0.39 is 0 Å². The van der Waals surface area contributed by atoms with E-state index in [0.29, 0.717) is 12.2 Å². The standard InChI is InChI=1S/C14H13BrN2O/c15-12-7-4-10-16-14(12)17-13(18)9-8-11-5-2-1-3-6-11/h1-7,10H,8-9H2,(H,16,17,18). The third-order valence-corrected chi connectivity index (χ3v) is 3.14. The first-order chi connectivity index (χ1) is 8.75. The highest BCUT2D eigenvalue weighted by molar-refractivity contribution is 9.10. The molecule has 1 N–H and O–H groups in total. The molecule has 2 rings (SSSR count). The number of rotatable bonds is 4. The van der Waals surface area contributed by atoms with Gasteiger partial charge >= 0.3 is 0 Å². The third kappa shape index (κ3) is 3.67. The highest BCUT2D eigenvalue weighted by Gasteiger charge is 2.06. The lowest BCUT2D eigenvalue weighted by Gasteiger charge is -2.05. The number of anilines is 1. The van der Waals surface area contributed by atoms with E-state index in [2.05, 4.69) is 26.2 Å². The van der Waals surface area contributed by atoms with Gasteiger partial charge in [-0.2, -0.15) is 0 Å². The van der Waals surface area contributed by atoms with Gasteiger partial charge in [0.2, 0.25) is 5.91 Å². The lowest BCUT2D eigenvalue weighted by atomic mass is 10.1. The van der Waals surface area contributed by atoms with E-state index in [1.807, 2.05) is 42.5 Å². The summed E-state index contributed by atoms with van der Waals surface area (Å²) in [6.07, 6.45) is 2.84. The molecule has 0 unspecified atom stereocenters. The van der Waals surface area contributed by atoms with Gasteiger partial charge in [-0.3, -0.25) is 4.79 Å². The number of benzene rings is 1. The average Bonchev–Trinajstić information content (AvgIpc) is 2.40. The second-order valence-electron chi connectivity index (χ2n) is 3.87. The summed E-state index contributed by atoms with van der Waals surface area (Å²) in [6.45, 7) is 0. The van der Waals surface area contributed by atoms with Crippen LogP contribution >= 0.6 is 15.9 Å². The van der Waals surface area contributed by atoms with Gasteiger partial charge in [0.15, 0.2) is 0 Å². The van der Waals surface area contributed by atoms with Gasteiger partial charge in [0.25, 0.3) is 0 Å². The number of aromatic nitrogens is 1. The first-order valence-electron chi connectivity index (χ1n) is 5.70. The third-order valence-electron chi connectivity index (χ3n) is 2.50. The molecule has 0 aliphatic carbocycles. The second-order valence-corrected chi connectivity index (χ2v) is 4.72. The fourth-order valence-electron chi connectivity index (χ4n) is 1.57. The van der Waals surface area contributed by atoms with Crippen LogP contribution in [-0.4, -0.2) is 10.9 Å². The van der Waals surface area contributed by atoms with Gasteiger partial charge in [0.1, 0.15) is 5.82 Å².